The predicted octanol–water partition coefficient (Wildman–Crippen LogP) is 2.94. The van der Waals surface area contributed by atoms with E-state index < -0.39 is 0 Å². The van der Waals surface area contributed by atoms with E-state index in [1.54, 1.807) is 0 Å². The number of pyridine rings is 1. The molecule has 14 heavy (non-hydrogen) atoms. The Morgan fingerprint density at radius 1 is 1.21 bits per heavy atom. The van der Waals surface area contributed by atoms with Gasteiger partial charge in [-0.1, -0.05) is 20.8 Å². The number of aromatic nitrogens is 2. The van der Waals surface area contributed by atoms with Crippen LogP contribution in [0.2, 0.25) is 0 Å². The topological polar surface area (TPSA) is 17.3 Å². The number of aryl methyl sites for hydroxylation is 1. The highest BCUT2D eigenvalue weighted by molar-refractivity contribution is 5.50. The highest BCUT2D eigenvalue weighted by Gasteiger charge is 2.13. The summed E-state index contributed by atoms with van der Waals surface area (Å²) in [6.45, 7) is 8.69. The summed E-state index contributed by atoms with van der Waals surface area (Å²) in [7, 11) is 0. The molecule has 0 bridgehead atoms. The van der Waals surface area contributed by atoms with Crippen LogP contribution in [0.15, 0.2) is 24.4 Å². The van der Waals surface area contributed by atoms with Gasteiger partial charge in [-0.3, -0.25) is 0 Å². The van der Waals surface area contributed by atoms with E-state index in [0.29, 0.717) is 0 Å². The van der Waals surface area contributed by atoms with Gasteiger partial charge in [-0.2, -0.15) is 5.10 Å². The van der Waals surface area contributed by atoms with E-state index in [4.69, 9.17) is 0 Å². The van der Waals surface area contributed by atoms with Crippen molar-refractivity contribution in [1.82, 2.24) is 9.61 Å². The predicted molar refractivity (Wildman–Crippen MR) is 58.6 cm³/mol. The van der Waals surface area contributed by atoms with Crippen LogP contribution in [0.4, 0.5) is 0 Å². The molecule has 0 fully saturated rings. The molecule has 0 aromatic carbocycles. The Kier molecular flexibility index (Phi) is 1.88. The molecule has 0 spiro atoms. The largest absolute Gasteiger partial charge is 0.241 e. The Morgan fingerprint density at radius 2 is 1.93 bits per heavy atom. The van der Waals surface area contributed by atoms with Gasteiger partial charge in [0.05, 0.1) is 11.2 Å². The molecule has 0 aliphatic carbocycles. The quantitative estimate of drug-likeness (QED) is 0.621. The summed E-state index contributed by atoms with van der Waals surface area (Å²) < 4.78 is 1.92. The lowest BCUT2D eigenvalue weighted by atomic mass is 9.87. The fraction of sp³-hybridized carbons (Fsp3) is 0.417. The first-order valence-electron chi connectivity index (χ1n) is 4.93. The monoisotopic (exact) mass is 188 g/mol. The van der Waals surface area contributed by atoms with Gasteiger partial charge in [0.15, 0.2) is 0 Å². The lowest BCUT2D eigenvalue weighted by Crippen LogP contribution is -2.11. The van der Waals surface area contributed by atoms with E-state index >= 15 is 0 Å². The van der Waals surface area contributed by atoms with Crippen LogP contribution in [-0.4, -0.2) is 9.61 Å². The summed E-state index contributed by atoms with van der Waals surface area (Å²) in [5.74, 6) is 0. The van der Waals surface area contributed by atoms with Crippen LogP contribution >= 0.6 is 0 Å². The molecule has 0 saturated carbocycles. The summed E-state index contributed by atoms with van der Waals surface area (Å²) in [6.07, 6.45) is 2.03. The van der Waals surface area contributed by atoms with Gasteiger partial charge < -0.3 is 0 Å². The van der Waals surface area contributed by atoms with E-state index in [2.05, 4.69) is 44.1 Å². The smallest absolute Gasteiger partial charge is 0.0667 e. The molecule has 74 valence electrons. The molecule has 0 aliphatic rings. The van der Waals surface area contributed by atoms with E-state index in [-0.39, 0.29) is 5.41 Å². The molecule has 2 heteroatoms. The number of fused-ring (bicyclic) bond motifs is 1. The van der Waals surface area contributed by atoms with Gasteiger partial charge in [0.25, 0.3) is 0 Å². The third-order valence-corrected chi connectivity index (χ3v) is 2.45. The number of hydrogen-bond donors (Lipinski definition) is 0. The number of nitrogens with zero attached hydrogens (tertiary/aromatic N) is 2. The minimum absolute atomic E-state index is 0.208. The third kappa shape index (κ3) is 1.52. The Hall–Kier alpha value is -1.31. The summed E-state index contributed by atoms with van der Waals surface area (Å²) >= 11 is 0. The van der Waals surface area contributed by atoms with Crippen LogP contribution in [0, 0.1) is 6.92 Å². The lowest BCUT2D eigenvalue weighted by Gasteiger charge is -2.18. The van der Waals surface area contributed by atoms with Crippen molar-refractivity contribution in [2.45, 2.75) is 33.1 Å². The molecule has 0 unspecified atom stereocenters. The normalized spacial score (nSPS) is 12.3. The van der Waals surface area contributed by atoms with Gasteiger partial charge >= 0.3 is 0 Å². The molecule has 0 amide bonds. The van der Waals surface area contributed by atoms with Crippen molar-refractivity contribution < 1.29 is 0 Å². The Bertz CT molecular complexity index is 461. The molecule has 0 atom stereocenters. The van der Waals surface area contributed by atoms with E-state index in [1.807, 2.05) is 17.6 Å². The highest BCUT2D eigenvalue weighted by Crippen LogP contribution is 2.23. The first kappa shape index (κ1) is 9.25. The minimum atomic E-state index is 0.208. The van der Waals surface area contributed by atoms with Crippen molar-refractivity contribution in [3.8, 4) is 0 Å². The summed E-state index contributed by atoms with van der Waals surface area (Å²) in [6, 6.07) is 6.45. The second kappa shape index (κ2) is 2.84. The summed E-state index contributed by atoms with van der Waals surface area (Å²) in [5.41, 5.74) is 3.80. The Labute approximate surface area is 84.6 Å². The molecule has 0 saturated heterocycles. The molecule has 2 aromatic rings. The van der Waals surface area contributed by atoms with E-state index in [9.17, 15) is 0 Å². The molecule has 2 nitrogen and oxygen atoms in total. The second-order valence-corrected chi connectivity index (χ2v) is 4.82. The maximum Gasteiger partial charge on any atom is 0.0667 e. The second-order valence-electron chi connectivity index (χ2n) is 4.82. The Morgan fingerprint density at radius 3 is 2.57 bits per heavy atom. The average molecular weight is 188 g/mol. The fourth-order valence-electron chi connectivity index (χ4n) is 1.59. The average Bonchev–Trinajstić information content (AvgIpc) is 2.41. The molecule has 2 aromatic heterocycles. The fourth-order valence-corrected chi connectivity index (χ4v) is 1.59. The van der Waals surface area contributed by atoms with Crippen LogP contribution in [0.5, 0.6) is 0 Å². The van der Waals surface area contributed by atoms with Gasteiger partial charge in [-0.05, 0) is 36.1 Å². The number of rotatable bonds is 0. The van der Waals surface area contributed by atoms with Gasteiger partial charge in [-0.15, -0.1) is 0 Å². The highest BCUT2D eigenvalue weighted by atomic mass is 15.2. The zero-order valence-corrected chi connectivity index (χ0v) is 9.20. The first-order chi connectivity index (χ1) is 6.47. The SMILES string of the molecule is Cc1cc2cc(C(C)(C)C)ccn2n1. The Balaban J connectivity index is 2.62. The lowest BCUT2D eigenvalue weighted by molar-refractivity contribution is 0.589. The third-order valence-electron chi connectivity index (χ3n) is 2.45. The molecular weight excluding hydrogens is 172 g/mol. The summed E-state index contributed by atoms with van der Waals surface area (Å²) in [5, 5.41) is 4.35. The molecule has 2 rings (SSSR count). The molecule has 2 heterocycles. The van der Waals surface area contributed by atoms with Crippen molar-refractivity contribution in [3.05, 3.63) is 35.7 Å². The molecule has 0 aliphatic heterocycles. The maximum absolute atomic E-state index is 4.35. The van der Waals surface area contributed by atoms with Crippen LogP contribution in [0.1, 0.15) is 32.0 Å². The van der Waals surface area contributed by atoms with Gasteiger partial charge in [-0.25, -0.2) is 4.52 Å². The van der Waals surface area contributed by atoms with Crippen LogP contribution in [-0.2, 0) is 5.41 Å². The van der Waals surface area contributed by atoms with Gasteiger partial charge in [0.2, 0.25) is 0 Å². The standard InChI is InChI=1S/C12H16N2/c1-9-7-11-8-10(12(2,3)4)5-6-14(11)13-9/h5-8H,1-4H3. The van der Waals surface area contributed by atoms with Crippen molar-refractivity contribution in [2.75, 3.05) is 0 Å². The van der Waals surface area contributed by atoms with E-state index in [0.717, 1.165) is 5.69 Å². The number of hydrogen-bond acceptors (Lipinski definition) is 1. The minimum Gasteiger partial charge on any atom is -0.241 e. The maximum atomic E-state index is 4.35. The van der Waals surface area contributed by atoms with Crippen molar-refractivity contribution in [2.24, 2.45) is 0 Å². The van der Waals surface area contributed by atoms with Crippen LogP contribution in [0.25, 0.3) is 5.52 Å². The summed E-state index contributed by atoms with van der Waals surface area (Å²) in [4.78, 5) is 0. The first-order valence-corrected chi connectivity index (χ1v) is 4.93. The molecule has 0 N–H and O–H groups in total. The van der Waals surface area contributed by atoms with Crippen molar-refractivity contribution in [3.63, 3.8) is 0 Å². The van der Waals surface area contributed by atoms with Gasteiger partial charge in [0, 0.05) is 6.20 Å². The van der Waals surface area contributed by atoms with Crippen molar-refractivity contribution >= 4 is 5.52 Å². The van der Waals surface area contributed by atoms with E-state index in [1.165, 1.54) is 11.1 Å². The molecular formula is C12H16N2. The van der Waals surface area contributed by atoms with Crippen LogP contribution < -0.4 is 0 Å². The van der Waals surface area contributed by atoms with Crippen molar-refractivity contribution in [1.29, 1.82) is 0 Å². The zero-order chi connectivity index (χ0) is 10.3. The molecule has 0 radical (unpaired) electrons. The van der Waals surface area contributed by atoms with Gasteiger partial charge in [0.1, 0.15) is 0 Å². The van der Waals surface area contributed by atoms with Crippen LogP contribution in [0.3, 0.4) is 0 Å². The zero-order valence-electron chi connectivity index (χ0n) is 9.20.